The first kappa shape index (κ1) is 23.8. The molecule has 13 heteroatoms. The van der Waals surface area contributed by atoms with Gasteiger partial charge in [-0.2, -0.15) is 0 Å². The maximum atomic E-state index is 13.8. The summed E-state index contributed by atoms with van der Waals surface area (Å²) >= 11 is 2.29. The predicted octanol–water partition coefficient (Wildman–Crippen LogP) is 4.41. The highest BCUT2D eigenvalue weighted by Crippen LogP contribution is 2.39. The highest BCUT2D eigenvalue weighted by Gasteiger charge is 2.38. The van der Waals surface area contributed by atoms with Crippen LogP contribution in [0.3, 0.4) is 0 Å². The van der Waals surface area contributed by atoms with Crippen molar-refractivity contribution in [2.24, 2.45) is 0 Å². The molecule has 0 aromatic carbocycles. The summed E-state index contributed by atoms with van der Waals surface area (Å²) in [6.45, 7) is 3.14. The number of nitrogens with one attached hydrogen (secondary N) is 2. The lowest BCUT2D eigenvalue weighted by molar-refractivity contribution is 0.150. The second-order valence-corrected chi connectivity index (χ2v) is 11.0. The molecule has 2 aliphatic rings. The van der Waals surface area contributed by atoms with Crippen LogP contribution in [0, 0.1) is 0 Å². The van der Waals surface area contributed by atoms with E-state index in [1.165, 1.54) is 11.9 Å². The molecule has 7 nitrogen and oxygen atoms in total. The van der Waals surface area contributed by atoms with Gasteiger partial charge in [0.05, 0.1) is 24.0 Å². The number of halogens is 4. The highest BCUT2D eigenvalue weighted by molar-refractivity contribution is 7.97. The summed E-state index contributed by atoms with van der Waals surface area (Å²) in [5.41, 5.74) is 1.90. The van der Waals surface area contributed by atoms with Crippen LogP contribution in [0.1, 0.15) is 38.1 Å². The van der Waals surface area contributed by atoms with Crippen molar-refractivity contribution in [3.05, 3.63) is 23.5 Å². The van der Waals surface area contributed by atoms with Crippen molar-refractivity contribution < 1.29 is 17.6 Å². The molecule has 3 aromatic rings. The largest absolute Gasteiger partial charge is 0.362 e. The van der Waals surface area contributed by atoms with E-state index in [0.717, 1.165) is 34.8 Å². The minimum absolute atomic E-state index is 0.0733. The van der Waals surface area contributed by atoms with Gasteiger partial charge in [0.15, 0.2) is 15.7 Å². The molecule has 1 saturated heterocycles. The monoisotopic (exact) mass is 515 g/mol. The van der Waals surface area contributed by atoms with Gasteiger partial charge in [0, 0.05) is 29.2 Å². The Balaban J connectivity index is 1.60. The molecule has 0 unspecified atom stereocenters. The second-order valence-electron chi connectivity index (χ2n) is 9.08. The molecule has 1 saturated carbocycles. The normalized spacial score (nSPS) is 24.3. The van der Waals surface area contributed by atoms with Gasteiger partial charge >= 0.3 is 0 Å². The van der Waals surface area contributed by atoms with E-state index >= 15 is 0 Å². The zero-order valence-electron chi connectivity index (χ0n) is 18.6. The van der Waals surface area contributed by atoms with Gasteiger partial charge < -0.3 is 10.2 Å². The Labute approximate surface area is 202 Å². The van der Waals surface area contributed by atoms with Crippen LogP contribution in [0.25, 0.3) is 16.3 Å². The third kappa shape index (κ3) is 4.50. The number of hydrogen-bond acceptors (Lipinski definition) is 8. The third-order valence-electron chi connectivity index (χ3n) is 6.43. The maximum Gasteiger partial charge on any atom is 0.291 e. The number of piperazine rings is 1. The number of hydrogen-bond donors (Lipinski definition) is 2. The number of fused-ring (bicyclic) bond motifs is 1. The molecular weight excluding hydrogens is 490 g/mol. The fourth-order valence-corrected chi connectivity index (χ4v) is 5.67. The number of anilines is 1. The molecule has 0 amide bonds. The molecule has 3 atom stereocenters. The summed E-state index contributed by atoms with van der Waals surface area (Å²) in [4.78, 5) is 7.40. The molecule has 3 aromatic heterocycles. The molecule has 5 rings (SSSR count). The molecular formula is C21H25F4N7S2. The number of pyridine rings is 1. The van der Waals surface area contributed by atoms with E-state index in [0.29, 0.717) is 22.9 Å². The summed E-state index contributed by atoms with van der Waals surface area (Å²) < 4.78 is 58.9. The molecule has 1 aliphatic carbocycles. The average molecular weight is 516 g/mol. The van der Waals surface area contributed by atoms with Crippen LogP contribution < -0.4 is 14.9 Å². The molecule has 1 aliphatic heterocycles. The van der Waals surface area contributed by atoms with Crippen molar-refractivity contribution in [1.82, 2.24) is 29.6 Å². The molecule has 0 bridgehead atoms. The molecule has 2 N–H and O–H groups in total. The van der Waals surface area contributed by atoms with E-state index < -0.39 is 31.9 Å². The van der Waals surface area contributed by atoms with Gasteiger partial charge in [0.2, 0.25) is 0 Å². The second kappa shape index (κ2) is 9.25. The van der Waals surface area contributed by atoms with Crippen LogP contribution in [0.4, 0.5) is 23.2 Å². The van der Waals surface area contributed by atoms with Crippen LogP contribution in [0.5, 0.6) is 0 Å². The lowest BCUT2D eigenvalue weighted by Crippen LogP contribution is -2.63. The van der Waals surface area contributed by atoms with Crippen molar-refractivity contribution >= 4 is 34.6 Å². The number of alkyl halides is 4. The molecule has 34 heavy (non-hydrogen) atoms. The van der Waals surface area contributed by atoms with E-state index in [1.807, 2.05) is 24.1 Å². The third-order valence-corrected chi connectivity index (χ3v) is 8.43. The maximum absolute atomic E-state index is 13.8. The van der Waals surface area contributed by atoms with Crippen molar-refractivity contribution in [3.63, 3.8) is 0 Å². The van der Waals surface area contributed by atoms with Gasteiger partial charge in [-0.05, 0) is 44.7 Å². The molecule has 2 fully saturated rings. The number of rotatable bonds is 8. The van der Waals surface area contributed by atoms with Gasteiger partial charge in [0.1, 0.15) is 19.0 Å². The van der Waals surface area contributed by atoms with E-state index in [4.69, 9.17) is 0 Å². The van der Waals surface area contributed by atoms with Crippen molar-refractivity contribution in [2.45, 2.75) is 61.7 Å². The SMILES string of the molecule is C[C@H]1[C@@H](CF)N[C@H](CF)CN1c1cc(SNC2(C)CC2)cn2c(-c3nnc(C(F)F)s3)cnc12. The Morgan fingerprint density at radius 3 is 2.74 bits per heavy atom. The van der Waals surface area contributed by atoms with Crippen molar-refractivity contribution in [3.8, 4) is 10.7 Å². The topological polar surface area (TPSA) is 70.4 Å². The Morgan fingerprint density at radius 1 is 1.29 bits per heavy atom. The molecule has 0 spiro atoms. The first-order valence-corrected chi connectivity index (χ1v) is 12.7. The summed E-state index contributed by atoms with van der Waals surface area (Å²) in [6, 6.07) is 0.675. The fourth-order valence-electron chi connectivity index (χ4n) is 4.07. The first-order valence-electron chi connectivity index (χ1n) is 11.0. The molecule has 0 radical (unpaired) electrons. The smallest absolute Gasteiger partial charge is 0.291 e. The minimum Gasteiger partial charge on any atom is -0.362 e. The zero-order chi connectivity index (χ0) is 24.0. The Hall–Kier alpha value is -1.96. The van der Waals surface area contributed by atoms with Crippen LogP contribution >= 0.6 is 23.3 Å². The summed E-state index contributed by atoms with van der Waals surface area (Å²) in [7, 11) is 0. The first-order chi connectivity index (χ1) is 16.3. The fraction of sp³-hybridized carbons (Fsp3) is 0.571. The van der Waals surface area contributed by atoms with Gasteiger partial charge in [-0.3, -0.25) is 9.12 Å². The lowest BCUT2D eigenvalue weighted by Gasteiger charge is -2.44. The summed E-state index contributed by atoms with van der Waals surface area (Å²) in [5, 5.41) is 10.6. The minimum atomic E-state index is -2.70. The quantitative estimate of drug-likeness (QED) is 0.340. The van der Waals surface area contributed by atoms with Crippen molar-refractivity contribution in [2.75, 3.05) is 24.8 Å². The van der Waals surface area contributed by atoms with Gasteiger partial charge in [0.25, 0.3) is 6.43 Å². The highest BCUT2D eigenvalue weighted by atomic mass is 32.2. The Kier molecular flexibility index (Phi) is 6.46. The van der Waals surface area contributed by atoms with E-state index in [9.17, 15) is 17.6 Å². The van der Waals surface area contributed by atoms with Crippen molar-refractivity contribution in [1.29, 1.82) is 0 Å². The number of aromatic nitrogens is 4. The molecule has 4 heterocycles. The zero-order valence-corrected chi connectivity index (χ0v) is 20.3. The predicted molar refractivity (Wildman–Crippen MR) is 125 cm³/mol. The lowest BCUT2D eigenvalue weighted by atomic mass is 10.0. The average Bonchev–Trinajstić information content (AvgIpc) is 3.21. The van der Waals surface area contributed by atoms with Crippen LogP contribution in [-0.4, -0.2) is 63.1 Å². The van der Waals surface area contributed by atoms with Crippen LogP contribution in [0.15, 0.2) is 23.4 Å². The van der Waals surface area contributed by atoms with Gasteiger partial charge in [-0.1, -0.05) is 11.3 Å². The van der Waals surface area contributed by atoms with Gasteiger partial charge in [-0.15, -0.1) is 10.2 Å². The number of nitrogens with zero attached hydrogens (tertiary/aromatic N) is 5. The van der Waals surface area contributed by atoms with Gasteiger partial charge in [-0.25, -0.2) is 22.5 Å². The molecule has 184 valence electrons. The van der Waals surface area contributed by atoms with Crippen LogP contribution in [0.2, 0.25) is 0 Å². The summed E-state index contributed by atoms with van der Waals surface area (Å²) in [6.07, 6.45) is 2.91. The summed E-state index contributed by atoms with van der Waals surface area (Å²) in [5.74, 6) is 0. The van der Waals surface area contributed by atoms with E-state index in [-0.39, 0.29) is 16.6 Å². The van der Waals surface area contributed by atoms with E-state index in [1.54, 1.807) is 10.6 Å². The Bertz CT molecular complexity index is 1170. The standard InChI is InChI=1S/C21H25F4N7S2/c1-11-14(7-23)27-12(6-22)9-31(11)15-5-13(34-30-21(2)3-4-21)10-32-16(8-26-18(15)32)19-28-29-20(33-19)17(24)25/h5,8,10-12,14,17,27,30H,3-4,6-7,9H2,1-2H3/t11-,12+,14+/m0/s1. The number of imidazole rings is 1. The van der Waals surface area contributed by atoms with E-state index in [2.05, 4.69) is 32.1 Å². The Morgan fingerprint density at radius 2 is 2.09 bits per heavy atom. The van der Waals surface area contributed by atoms with Crippen LogP contribution in [-0.2, 0) is 0 Å².